The van der Waals surface area contributed by atoms with Crippen molar-refractivity contribution in [2.45, 2.75) is 18.2 Å². The Morgan fingerprint density at radius 3 is 2.43 bits per heavy atom. The molecule has 0 unspecified atom stereocenters. The van der Waals surface area contributed by atoms with Gasteiger partial charge in [-0.3, -0.25) is 9.69 Å². The van der Waals surface area contributed by atoms with E-state index < -0.39 is 9.84 Å². The van der Waals surface area contributed by atoms with E-state index in [-0.39, 0.29) is 16.6 Å². The summed E-state index contributed by atoms with van der Waals surface area (Å²) in [5, 5.41) is 1.22. The number of fused-ring (bicyclic) bond motifs is 1. The average Bonchev–Trinajstić information content (AvgIpc) is 3.13. The SMILES string of the molecule is CCS(=O)(=O)c1ccc(C(=O)N(CCCN(C)C)c2nc3ccc(Cl)cc3s2)cc1. The Bertz CT molecular complexity index is 1140. The standard InChI is InChI=1S/C21H24ClN3O3S2/c1-4-30(27,28)17-9-6-15(7-10-17)20(26)25(13-5-12-24(2)3)21-23-18-11-8-16(22)14-19(18)29-21/h6-11,14H,4-5,12-13H2,1-3H3. The molecule has 1 heterocycles. The molecule has 2 aromatic carbocycles. The lowest BCUT2D eigenvalue weighted by molar-refractivity contribution is 0.0986. The number of thiazole rings is 1. The molecule has 0 bridgehead atoms. The molecule has 0 spiro atoms. The van der Waals surface area contributed by atoms with Gasteiger partial charge in [-0.2, -0.15) is 0 Å². The van der Waals surface area contributed by atoms with E-state index in [1.165, 1.54) is 23.5 Å². The maximum Gasteiger partial charge on any atom is 0.260 e. The van der Waals surface area contributed by atoms with Crippen LogP contribution in [0.3, 0.4) is 0 Å². The molecular formula is C21H24ClN3O3S2. The molecule has 0 saturated carbocycles. The average molecular weight is 466 g/mol. The van der Waals surface area contributed by atoms with Crippen LogP contribution in [-0.2, 0) is 9.84 Å². The molecule has 6 nitrogen and oxygen atoms in total. The fraction of sp³-hybridized carbons (Fsp3) is 0.333. The summed E-state index contributed by atoms with van der Waals surface area (Å²) in [5.41, 5.74) is 1.21. The van der Waals surface area contributed by atoms with Gasteiger partial charge in [-0.05, 0) is 69.5 Å². The van der Waals surface area contributed by atoms with Crippen molar-refractivity contribution in [2.75, 3.05) is 37.8 Å². The zero-order valence-corrected chi connectivity index (χ0v) is 19.5. The number of benzene rings is 2. The van der Waals surface area contributed by atoms with Crippen molar-refractivity contribution in [3.63, 3.8) is 0 Å². The molecule has 0 saturated heterocycles. The van der Waals surface area contributed by atoms with E-state index in [0.29, 0.717) is 22.3 Å². The van der Waals surface area contributed by atoms with E-state index in [9.17, 15) is 13.2 Å². The molecule has 30 heavy (non-hydrogen) atoms. The van der Waals surface area contributed by atoms with Gasteiger partial charge >= 0.3 is 0 Å². The second-order valence-electron chi connectivity index (χ2n) is 7.15. The Morgan fingerprint density at radius 1 is 1.10 bits per heavy atom. The minimum atomic E-state index is -3.31. The van der Waals surface area contributed by atoms with E-state index in [4.69, 9.17) is 11.6 Å². The summed E-state index contributed by atoms with van der Waals surface area (Å²) in [6.45, 7) is 2.92. The maximum atomic E-state index is 13.3. The van der Waals surface area contributed by atoms with Crippen LogP contribution in [0, 0.1) is 0 Å². The number of aromatic nitrogens is 1. The first-order valence-corrected chi connectivity index (χ1v) is 12.4. The van der Waals surface area contributed by atoms with E-state index >= 15 is 0 Å². The highest BCUT2D eigenvalue weighted by Crippen LogP contribution is 2.31. The van der Waals surface area contributed by atoms with Gasteiger partial charge in [0.1, 0.15) is 0 Å². The van der Waals surface area contributed by atoms with Crippen molar-refractivity contribution in [1.29, 1.82) is 0 Å². The van der Waals surface area contributed by atoms with Gasteiger partial charge in [0.2, 0.25) is 0 Å². The number of anilines is 1. The van der Waals surface area contributed by atoms with Gasteiger partial charge in [0, 0.05) is 17.1 Å². The minimum Gasteiger partial charge on any atom is -0.309 e. The molecule has 9 heteroatoms. The van der Waals surface area contributed by atoms with E-state index in [2.05, 4.69) is 9.88 Å². The summed E-state index contributed by atoms with van der Waals surface area (Å²) in [4.78, 5) is 21.9. The monoisotopic (exact) mass is 465 g/mol. The predicted octanol–water partition coefficient (Wildman–Crippen LogP) is 4.34. The number of hydrogen-bond donors (Lipinski definition) is 0. The van der Waals surface area contributed by atoms with Gasteiger partial charge < -0.3 is 4.90 Å². The highest BCUT2D eigenvalue weighted by Gasteiger charge is 2.22. The molecule has 0 aliphatic carbocycles. The van der Waals surface area contributed by atoms with Crippen LogP contribution in [0.4, 0.5) is 5.13 Å². The molecular weight excluding hydrogens is 442 g/mol. The lowest BCUT2D eigenvalue weighted by Gasteiger charge is -2.21. The van der Waals surface area contributed by atoms with Crippen LogP contribution in [0.1, 0.15) is 23.7 Å². The summed E-state index contributed by atoms with van der Waals surface area (Å²) in [5.74, 6) is -0.190. The molecule has 0 aliphatic rings. The highest BCUT2D eigenvalue weighted by atomic mass is 35.5. The highest BCUT2D eigenvalue weighted by molar-refractivity contribution is 7.91. The third kappa shape index (κ3) is 5.18. The molecule has 3 aromatic rings. The Labute approximate surface area is 186 Å². The van der Waals surface area contributed by atoms with Crippen molar-refractivity contribution >= 4 is 54.0 Å². The first-order valence-electron chi connectivity index (χ1n) is 9.57. The Balaban J connectivity index is 1.93. The number of rotatable bonds is 8. The molecule has 0 atom stereocenters. The number of carbonyl (C=O) groups excluding carboxylic acids is 1. The van der Waals surface area contributed by atoms with Crippen LogP contribution in [0.25, 0.3) is 10.2 Å². The summed E-state index contributed by atoms with van der Waals surface area (Å²) in [6, 6.07) is 11.6. The second kappa shape index (κ2) is 9.43. The Kier molecular flexibility index (Phi) is 7.13. The van der Waals surface area contributed by atoms with Gasteiger partial charge in [0.25, 0.3) is 5.91 Å². The number of amides is 1. The first-order chi connectivity index (χ1) is 14.2. The van der Waals surface area contributed by atoms with Crippen LogP contribution in [0.5, 0.6) is 0 Å². The maximum absolute atomic E-state index is 13.3. The van der Waals surface area contributed by atoms with Crippen molar-refractivity contribution in [1.82, 2.24) is 9.88 Å². The molecule has 0 N–H and O–H groups in total. The predicted molar refractivity (Wildman–Crippen MR) is 124 cm³/mol. The number of carbonyl (C=O) groups is 1. The Morgan fingerprint density at radius 2 is 1.80 bits per heavy atom. The minimum absolute atomic E-state index is 0.0191. The van der Waals surface area contributed by atoms with Gasteiger partial charge in [0.15, 0.2) is 15.0 Å². The summed E-state index contributed by atoms with van der Waals surface area (Å²) < 4.78 is 25.0. The van der Waals surface area contributed by atoms with Gasteiger partial charge in [-0.25, -0.2) is 13.4 Å². The topological polar surface area (TPSA) is 70.6 Å². The van der Waals surface area contributed by atoms with E-state index in [1.807, 2.05) is 26.2 Å². The first kappa shape index (κ1) is 22.7. The summed E-state index contributed by atoms with van der Waals surface area (Å²) in [6.07, 6.45) is 0.776. The largest absolute Gasteiger partial charge is 0.309 e. The lowest BCUT2D eigenvalue weighted by Crippen LogP contribution is -2.33. The normalized spacial score (nSPS) is 11.9. The van der Waals surface area contributed by atoms with Crippen LogP contribution in [-0.4, -0.2) is 57.1 Å². The molecule has 1 amide bonds. The van der Waals surface area contributed by atoms with Crippen LogP contribution < -0.4 is 4.90 Å². The Hall–Kier alpha value is -2.00. The van der Waals surface area contributed by atoms with Crippen molar-refractivity contribution in [3.05, 3.63) is 53.1 Å². The smallest absolute Gasteiger partial charge is 0.260 e. The van der Waals surface area contributed by atoms with Crippen molar-refractivity contribution in [2.24, 2.45) is 0 Å². The second-order valence-corrected chi connectivity index (χ2v) is 10.9. The van der Waals surface area contributed by atoms with Gasteiger partial charge in [0.05, 0.1) is 20.9 Å². The van der Waals surface area contributed by atoms with Crippen LogP contribution in [0.15, 0.2) is 47.4 Å². The van der Waals surface area contributed by atoms with Gasteiger partial charge in [-0.1, -0.05) is 29.9 Å². The number of hydrogen-bond acceptors (Lipinski definition) is 6. The third-order valence-electron chi connectivity index (χ3n) is 4.64. The number of halogens is 1. The van der Waals surface area contributed by atoms with Crippen molar-refractivity contribution < 1.29 is 13.2 Å². The fourth-order valence-electron chi connectivity index (χ4n) is 2.96. The number of sulfone groups is 1. The molecule has 0 aliphatic heterocycles. The summed E-state index contributed by atoms with van der Waals surface area (Å²) >= 11 is 7.50. The molecule has 160 valence electrons. The van der Waals surface area contributed by atoms with Crippen LogP contribution >= 0.6 is 22.9 Å². The lowest BCUT2D eigenvalue weighted by atomic mass is 10.2. The van der Waals surface area contributed by atoms with E-state index in [1.54, 1.807) is 30.0 Å². The molecule has 0 fully saturated rings. The number of nitrogens with zero attached hydrogens (tertiary/aromatic N) is 3. The third-order valence-corrected chi connectivity index (χ3v) is 7.67. The van der Waals surface area contributed by atoms with Crippen LogP contribution in [0.2, 0.25) is 5.02 Å². The van der Waals surface area contributed by atoms with Gasteiger partial charge in [-0.15, -0.1) is 0 Å². The molecule has 1 aromatic heterocycles. The molecule has 0 radical (unpaired) electrons. The summed E-state index contributed by atoms with van der Waals surface area (Å²) in [7, 11) is 0.658. The molecule has 3 rings (SSSR count). The van der Waals surface area contributed by atoms with E-state index in [0.717, 1.165) is 23.2 Å². The zero-order valence-electron chi connectivity index (χ0n) is 17.1. The fourth-order valence-corrected chi connectivity index (χ4v) is 5.11. The quantitative estimate of drug-likeness (QED) is 0.494. The van der Waals surface area contributed by atoms with Crippen molar-refractivity contribution in [3.8, 4) is 0 Å². The zero-order chi connectivity index (χ0) is 21.9.